The predicted octanol–water partition coefficient (Wildman–Crippen LogP) is 2.93. The molecular formula is C10H8FO. The second kappa shape index (κ2) is 2.63. The van der Waals surface area contributed by atoms with E-state index in [9.17, 15) is 4.39 Å². The van der Waals surface area contributed by atoms with E-state index in [4.69, 9.17) is 4.42 Å². The Hall–Kier alpha value is -1.31. The average Bonchev–Trinajstić information content (AvgIpc) is 2.49. The molecule has 2 heteroatoms. The normalized spacial score (nSPS) is 10.8. The van der Waals surface area contributed by atoms with Crippen LogP contribution in [0.2, 0.25) is 0 Å². The van der Waals surface area contributed by atoms with Crippen LogP contribution in [0.4, 0.5) is 4.39 Å². The van der Waals surface area contributed by atoms with Crippen LogP contribution < -0.4 is 0 Å². The van der Waals surface area contributed by atoms with Gasteiger partial charge in [-0.05, 0) is 24.1 Å². The van der Waals surface area contributed by atoms with E-state index in [1.165, 1.54) is 6.07 Å². The lowest BCUT2D eigenvalue weighted by molar-refractivity contribution is 0.558. The summed E-state index contributed by atoms with van der Waals surface area (Å²) < 4.78 is 18.1. The van der Waals surface area contributed by atoms with Crippen molar-refractivity contribution < 1.29 is 8.81 Å². The van der Waals surface area contributed by atoms with Crippen LogP contribution in [0.15, 0.2) is 22.8 Å². The molecule has 1 nitrogen and oxygen atoms in total. The summed E-state index contributed by atoms with van der Waals surface area (Å²) in [7, 11) is 0. The molecule has 2 aromatic rings. The monoisotopic (exact) mass is 163 g/mol. The van der Waals surface area contributed by atoms with Gasteiger partial charge >= 0.3 is 0 Å². The fourth-order valence-corrected chi connectivity index (χ4v) is 1.26. The highest BCUT2D eigenvalue weighted by molar-refractivity contribution is 5.80. The molecule has 0 aliphatic rings. The Morgan fingerprint density at radius 2 is 2.42 bits per heavy atom. The van der Waals surface area contributed by atoms with Gasteiger partial charge in [0.05, 0.1) is 6.26 Å². The molecule has 0 spiro atoms. The number of hydrogen-bond acceptors (Lipinski definition) is 1. The lowest BCUT2D eigenvalue weighted by Gasteiger charge is -1.90. The zero-order valence-electron chi connectivity index (χ0n) is 6.73. The van der Waals surface area contributed by atoms with Gasteiger partial charge in [0.25, 0.3) is 0 Å². The van der Waals surface area contributed by atoms with E-state index >= 15 is 0 Å². The first-order valence-electron chi connectivity index (χ1n) is 3.89. The second-order valence-electron chi connectivity index (χ2n) is 2.64. The Morgan fingerprint density at radius 1 is 1.58 bits per heavy atom. The van der Waals surface area contributed by atoms with Gasteiger partial charge in [0.15, 0.2) is 11.4 Å². The van der Waals surface area contributed by atoms with Crippen LogP contribution in [-0.2, 0) is 6.42 Å². The lowest BCUT2D eigenvalue weighted by Crippen LogP contribution is -1.77. The summed E-state index contributed by atoms with van der Waals surface area (Å²) in [6.07, 6.45) is 2.43. The van der Waals surface area contributed by atoms with E-state index in [1.807, 2.05) is 6.92 Å². The molecule has 0 unspecified atom stereocenters. The molecule has 1 radical (unpaired) electrons. The number of aryl methyl sites for hydroxylation is 1. The molecule has 12 heavy (non-hydrogen) atoms. The molecule has 0 amide bonds. The maximum absolute atomic E-state index is 13.0. The fraction of sp³-hybridized carbons (Fsp3) is 0.200. The maximum atomic E-state index is 13.0. The molecule has 0 atom stereocenters. The summed E-state index contributed by atoms with van der Waals surface area (Å²) in [6, 6.07) is 5.89. The topological polar surface area (TPSA) is 13.1 Å². The van der Waals surface area contributed by atoms with E-state index in [0.717, 1.165) is 17.4 Å². The highest BCUT2D eigenvalue weighted by Crippen LogP contribution is 2.22. The third-order valence-corrected chi connectivity index (χ3v) is 1.92. The van der Waals surface area contributed by atoms with Crippen molar-refractivity contribution in [2.75, 3.05) is 0 Å². The van der Waals surface area contributed by atoms with Gasteiger partial charge in [0.1, 0.15) is 0 Å². The molecule has 0 saturated heterocycles. The van der Waals surface area contributed by atoms with Crippen molar-refractivity contribution in [2.24, 2.45) is 0 Å². The molecule has 0 N–H and O–H groups in total. The van der Waals surface area contributed by atoms with Crippen molar-refractivity contribution in [1.82, 2.24) is 0 Å². The van der Waals surface area contributed by atoms with Crippen LogP contribution >= 0.6 is 0 Å². The fourth-order valence-electron chi connectivity index (χ4n) is 1.26. The Balaban J connectivity index is 2.80. The molecular weight excluding hydrogens is 155 g/mol. The third-order valence-electron chi connectivity index (χ3n) is 1.92. The van der Waals surface area contributed by atoms with Crippen molar-refractivity contribution in [1.29, 1.82) is 0 Å². The Kier molecular flexibility index (Phi) is 1.61. The van der Waals surface area contributed by atoms with E-state index in [-0.39, 0.29) is 5.82 Å². The predicted molar refractivity (Wildman–Crippen MR) is 44.4 cm³/mol. The van der Waals surface area contributed by atoms with Crippen molar-refractivity contribution >= 4 is 11.0 Å². The zero-order valence-corrected chi connectivity index (χ0v) is 6.73. The average molecular weight is 163 g/mol. The Labute approximate surface area is 69.8 Å². The van der Waals surface area contributed by atoms with Gasteiger partial charge in [-0.25, -0.2) is 4.39 Å². The summed E-state index contributed by atoms with van der Waals surface area (Å²) in [5.74, 6) is -0.316. The van der Waals surface area contributed by atoms with Crippen molar-refractivity contribution in [3.63, 3.8) is 0 Å². The van der Waals surface area contributed by atoms with Gasteiger partial charge in [-0.15, -0.1) is 0 Å². The first-order chi connectivity index (χ1) is 5.83. The summed E-state index contributed by atoms with van der Waals surface area (Å²) in [5, 5.41) is 0.762. The van der Waals surface area contributed by atoms with E-state index in [1.54, 1.807) is 12.3 Å². The van der Waals surface area contributed by atoms with Crippen LogP contribution in [0.1, 0.15) is 12.5 Å². The molecule has 1 heterocycles. The van der Waals surface area contributed by atoms with Crippen LogP contribution in [-0.4, -0.2) is 0 Å². The number of fused-ring (bicyclic) bond motifs is 1. The van der Waals surface area contributed by atoms with Crippen LogP contribution in [0.25, 0.3) is 11.0 Å². The van der Waals surface area contributed by atoms with Crippen LogP contribution in [0.3, 0.4) is 0 Å². The number of benzene rings is 1. The van der Waals surface area contributed by atoms with E-state index < -0.39 is 0 Å². The summed E-state index contributed by atoms with van der Waals surface area (Å²) in [5.41, 5.74) is 1.32. The minimum absolute atomic E-state index is 0.314. The maximum Gasteiger partial charge on any atom is 0.170 e. The minimum atomic E-state index is -0.316. The van der Waals surface area contributed by atoms with Crippen molar-refractivity contribution in [3.05, 3.63) is 35.8 Å². The van der Waals surface area contributed by atoms with Crippen LogP contribution in [0.5, 0.6) is 0 Å². The number of hydrogen-bond donors (Lipinski definition) is 0. The minimum Gasteiger partial charge on any atom is -0.461 e. The summed E-state index contributed by atoms with van der Waals surface area (Å²) in [4.78, 5) is 0. The molecule has 1 aromatic carbocycles. The molecule has 0 aliphatic carbocycles. The molecule has 0 fully saturated rings. The smallest absolute Gasteiger partial charge is 0.170 e. The highest BCUT2D eigenvalue weighted by atomic mass is 19.1. The molecule has 2 rings (SSSR count). The Bertz CT molecular complexity index is 403. The van der Waals surface area contributed by atoms with Crippen molar-refractivity contribution in [2.45, 2.75) is 13.3 Å². The summed E-state index contributed by atoms with van der Waals surface area (Å²) in [6.45, 7) is 2.00. The first-order valence-corrected chi connectivity index (χ1v) is 3.89. The standard InChI is InChI=1S/C10H8FO/c1-2-7-6-12-10-8(7)4-3-5-9(10)11/h3,5-6H,2H2,1H3. The van der Waals surface area contributed by atoms with Gasteiger partial charge in [-0.2, -0.15) is 0 Å². The van der Waals surface area contributed by atoms with Gasteiger partial charge in [-0.3, -0.25) is 0 Å². The molecule has 61 valence electrons. The quantitative estimate of drug-likeness (QED) is 0.630. The SMILES string of the molecule is CCc1coc2c(F)cc[c]c12. The second-order valence-corrected chi connectivity index (χ2v) is 2.64. The van der Waals surface area contributed by atoms with Crippen molar-refractivity contribution in [3.8, 4) is 0 Å². The van der Waals surface area contributed by atoms with Gasteiger partial charge in [0.2, 0.25) is 0 Å². The van der Waals surface area contributed by atoms with E-state index in [0.29, 0.717) is 5.58 Å². The van der Waals surface area contributed by atoms with Gasteiger partial charge in [0, 0.05) is 5.39 Å². The number of furan rings is 1. The lowest BCUT2D eigenvalue weighted by atomic mass is 10.1. The van der Waals surface area contributed by atoms with Crippen LogP contribution in [0, 0.1) is 11.9 Å². The summed E-state index contributed by atoms with van der Waals surface area (Å²) >= 11 is 0. The molecule has 0 bridgehead atoms. The first kappa shape index (κ1) is 7.35. The zero-order chi connectivity index (χ0) is 8.55. The van der Waals surface area contributed by atoms with Gasteiger partial charge < -0.3 is 4.42 Å². The highest BCUT2D eigenvalue weighted by Gasteiger charge is 2.07. The molecule has 0 saturated carbocycles. The molecule has 1 aromatic heterocycles. The molecule has 0 aliphatic heterocycles. The third kappa shape index (κ3) is 0.916. The van der Waals surface area contributed by atoms with E-state index in [2.05, 4.69) is 6.07 Å². The largest absolute Gasteiger partial charge is 0.461 e. The van der Waals surface area contributed by atoms with Gasteiger partial charge in [-0.1, -0.05) is 13.0 Å². The number of rotatable bonds is 1. The Morgan fingerprint density at radius 3 is 3.17 bits per heavy atom. The number of halogens is 1.